The van der Waals surface area contributed by atoms with Crippen LogP contribution in [0.1, 0.15) is 22.3 Å². The molecule has 0 saturated heterocycles. The molecule has 0 aromatic heterocycles. The molecule has 0 aliphatic carbocycles. The number of benzene rings is 2. The van der Waals surface area contributed by atoms with E-state index in [2.05, 4.69) is 10.6 Å². The maximum Gasteiger partial charge on any atom is 0.407 e. The third kappa shape index (κ3) is 6.00. The van der Waals surface area contributed by atoms with Crippen molar-refractivity contribution in [3.8, 4) is 5.75 Å². The number of hydrogen-bond acceptors (Lipinski definition) is 4. The van der Waals surface area contributed by atoms with Crippen molar-refractivity contribution in [1.82, 2.24) is 10.6 Å². The Morgan fingerprint density at radius 3 is 2.29 bits per heavy atom. The van der Waals surface area contributed by atoms with Crippen LogP contribution in [0.3, 0.4) is 0 Å². The largest absolute Gasteiger partial charge is 0.508 e. The second-order valence-corrected chi connectivity index (χ2v) is 5.14. The predicted molar refractivity (Wildman–Crippen MR) is 89.7 cm³/mol. The van der Waals surface area contributed by atoms with Crippen molar-refractivity contribution in [2.45, 2.75) is 13.0 Å². The van der Waals surface area contributed by atoms with Crippen LogP contribution >= 0.6 is 0 Å². The fraction of sp³-hybridized carbons (Fsp3) is 0.222. The molecule has 0 atom stereocenters. The van der Waals surface area contributed by atoms with Crippen molar-refractivity contribution in [2.24, 2.45) is 0 Å². The molecule has 0 spiro atoms. The van der Waals surface area contributed by atoms with Crippen LogP contribution in [0, 0.1) is 0 Å². The second kappa shape index (κ2) is 9.19. The maximum absolute atomic E-state index is 11.8. The van der Waals surface area contributed by atoms with E-state index < -0.39 is 6.09 Å². The van der Waals surface area contributed by atoms with Gasteiger partial charge in [-0.2, -0.15) is 0 Å². The van der Waals surface area contributed by atoms with E-state index in [9.17, 15) is 9.59 Å². The predicted octanol–water partition coefficient (Wildman–Crippen LogP) is 2.44. The summed E-state index contributed by atoms with van der Waals surface area (Å²) in [6.07, 6.45) is 0.105. The molecule has 2 rings (SSSR count). The zero-order valence-corrected chi connectivity index (χ0v) is 13.2. The number of alkyl carbamates (subject to hydrolysis) is 1. The SMILES string of the molecule is O=C(NCCCNC(=O)c1ccc(O)cc1)OCc1ccccc1. The summed E-state index contributed by atoms with van der Waals surface area (Å²) in [5, 5.41) is 14.5. The minimum atomic E-state index is -0.483. The Balaban J connectivity index is 1.56. The molecule has 0 unspecified atom stereocenters. The maximum atomic E-state index is 11.8. The van der Waals surface area contributed by atoms with Crippen molar-refractivity contribution < 1.29 is 19.4 Å². The fourth-order valence-corrected chi connectivity index (χ4v) is 1.97. The van der Waals surface area contributed by atoms with Gasteiger partial charge in [0, 0.05) is 18.7 Å². The van der Waals surface area contributed by atoms with Gasteiger partial charge in [-0.3, -0.25) is 4.79 Å². The van der Waals surface area contributed by atoms with Gasteiger partial charge < -0.3 is 20.5 Å². The second-order valence-electron chi connectivity index (χ2n) is 5.14. The van der Waals surface area contributed by atoms with E-state index in [1.807, 2.05) is 30.3 Å². The molecule has 0 aliphatic heterocycles. The monoisotopic (exact) mass is 328 g/mol. The number of amides is 2. The average molecular weight is 328 g/mol. The smallest absolute Gasteiger partial charge is 0.407 e. The van der Waals surface area contributed by atoms with Crippen LogP contribution in [0.15, 0.2) is 54.6 Å². The molecule has 0 radical (unpaired) electrons. The number of aromatic hydroxyl groups is 1. The molecule has 126 valence electrons. The number of rotatable bonds is 7. The first kappa shape index (κ1) is 17.3. The summed E-state index contributed by atoms with van der Waals surface area (Å²) in [5.41, 5.74) is 1.40. The highest BCUT2D eigenvalue weighted by molar-refractivity contribution is 5.94. The van der Waals surface area contributed by atoms with E-state index in [4.69, 9.17) is 9.84 Å². The molecule has 0 saturated carbocycles. The van der Waals surface area contributed by atoms with Gasteiger partial charge in [0.25, 0.3) is 5.91 Å². The molecule has 2 aromatic carbocycles. The topological polar surface area (TPSA) is 87.7 Å². The summed E-state index contributed by atoms with van der Waals surface area (Å²) in [6.45, 7) is 1.06. The Hall–Kier alpha value is -3.02. The molecule has 6 heteroatoms. The molecule has 0 aliphatic rings. The summed E-state index contributed by atoms with van der Waals surface area (Å²) in [5.74, 6) is -0.105. The number of phenols is 1. The number of carbonyl (C=O) groups is 2. The summed E-state index contributed by atoms with van der Waals surface area (Å²) in [7, 11) is 0. The number of ether oxygens (including phenoxy) is 1. The highest BCUT2D eigenvalue weighted by Crippen LogP contribution is 2.09. The molecule has 0 heterocycles. The van der Waals surface area contributed by atoms with E-state index >= 15 is 0 Å². The normalized spacial score (nSPS) is 10.0. The quantitative estimate of drug-likeness (QED) is 0.681. The van der Waals surface area contributed by atoms with Gasteiger partial charge in [0.15, 0.2) is 0 Å². The van der Waals surface area contributed by atoms with E-state index in [0.29, 0.717) is 25.1 Å². The summed E-state index contributed by atoms with van der Waals surface area (Å²) < 4.78 is 5.08. The first-order valence-electron chi connectivity index (χ1n) is 7.67. The average Bonchev–Trinajstić information content (AvgIpc) is 2.61. The van der Waals surface area contributed by atoms with Crippen molar-refractivity contribution >= 4 is 12.0 Å². The van der Waals surface area contributed by atoms with Crippen molar-refractivity contribution in [1.29, 1.82) is 0 Å². The van der Waals surface area contributed by atoms with Gasteiger partial charge >= 0.3 is 6.09 Å². The van der Waals surface area contributed by atoms with Gasteiger partial charge in [-0.05, 0) is 36.2 Å². The third-order valence-electron chi connectivity index (χ3n) is 3.25. The van der Waals surface area contributed by atoms with Crippen LogP contribution in [0.2, 0.25) is 0 Å². The number of nitrogens with one attached hydrogen (secondary N) is 2. The summed E-state index contributed by atoms with van der Waals surface area (Å²) >= 11 is 0. The van der Waals surface area contributed by atoms with Crippen LogP contribution in [0.25, 0.3) is 0 Å². The van der Waals surface area contributed by atoms with Crippen molar-refractivity contribution in [3.05, 3.63) is 65.7 Å². The zero-order valence-electron chi connectivity index (χ0n) is 13.2. The standard InChI is InChI=1S/C18H20N2O4/c21-16-9-7-15(8-10-16)17(22)19-11-4-12-20-18(23)24-13-14-5-2-1-3-6-14/h1-3,5-10,21H,4,11-13H2,(H,19,22)(H,20,23). The van der Waals surface area contributed by atoms with E-state index in [0.717, 1.165) is 5.56 Å². The van der Waals surface area contributed by atoms with Crippen LogP contribution in [0.5, 0.6) is 5.75 Å². The van der Waals surface area contributed by atoms with E-state index in [-0.39, 0.29) is 18.3 Å². The first-order chi connectivity index (χ1) is 11.6. The van der Waals surface area contributed by atoms with Crippen molar-refractivity contribution in [3.63, 3.8) is 0 Å². The summed E-state index contributed by atoms with van der Waals surface area (Å²) in [6, 6.07) is 15.4. The number of phenolic OH excluding ortho intramolecular Hbond substituents is 1. The molecule has 6 nitrogen and oxygen atoms in total. The van der Waals surface area contributed by atoms with Crippen molar-refractivity contribution in [2.75, 3.05) is 13.1 Å². The molecular formula is C18H20N2O4. The molecule has 0 fully saturated rings. The molecule has 2 amide bonds. The van der Waals surface area contributed by atoms with Gasteiger partial charge in [0.2, 0.25) is 0 Å². The zero-order chi connectivity index (χ0) is 17.2. The van der Waals surface area contributed by atoms with Gasteiger partial charge in [0.1, 0.15) is 12.4 Å². The lowest BCUT2D eigenvalue weighted by Crippen LogP contribution is -2.30. The van der Waals surface area contributed by atoms with Crippen LogP contribution in [0.4, 0.5) is 4.79 Å². The lowest BCUT2D eigenvalue weighted by Gasteiger charge is -2.08. The molecule has 3 N–H and O–H groups in total. The Kier molecular flexibility index (Phi) is 6.64. The van der Waals surface area contributed by atoms with Crippen LogP contribution < -0.4 is 10.6 Å². The molecule has 0 bridgehead atoms. The van der Waals surface area contributed by atoms with Gasteiger partial charge in [-0.15, -0.1) is 0 Å². The molecule has 2 aromatic rings. The Bertz CT molecular complexity index is 656. The third-order valence-corrected chi connectivity index (χ3v) is 3.25. The minimum Gasteiger partial charge on any atom is -0.508 e. The van der Waals surface area contributed by atoms with Gasteiger partial charge in [-0.1, -0.05) is 30.3 Å². The lowest BCUT2D eigenvalue weighted by atomic mass is 10.2. The Morgan fingerprint density at radius 1 is 0.917 bits per heavy atom. The first-order valence-corrected chi connectivity index (χ1v) is 7.67. The van der Waals surface area contributed by atoms with Crippen LogP contribution in [-0.4, -0.2) is 30.2 Å². The van der Waals surface area contributed by atoms with Gasteiger partial charge in [-0.25, -0.2) is 4.79 Å². The Morgan fingerprint density at radius 2 is 1.58 bits per heavy atom. The van der Waals surface area contributed by atoms with Crippen LogP contribution in [-0.2, 0) is 11.3 Å². The van der Waals surface area contributed by atoms with E-state index in [1.54, 1.807) is 12.1 Å². The lowest BCUT2D eigenvalue weighted by molar-refractivity contribution is 0.0953. The molecular weight excluding hydrogens is 308 g/mol. The Labute approximate surface area is 140 Å². The number of carbonyl (C=O) groups excluding carboxylic acids is 2. The highest BCUT2D eigenvalue weighted by Gasteiger charge is 2.05. The molecule has 24 heavy (non-hydrogen) atoms. The number of hydrogen-bond donors (Lipinski definition) is 3. The minimum absolute atomic E-state index is 0.116. The highest BCUT2D eigenvalue weighted by atomic mass is 16.5. The fourth-order valence-electron chi connectivity index (χ4n) is 1.97. The summed E-state index contributed by atoms with van der Waals surface area (Å²) in [4.78, 5) is 23.3. The van der Waals surface area contributed by atoms with Gasteiger partial charge in [0.05, 0.1) is 0 Å². The van der Waals surface area contributed by atoms with E-state index in [1.165, 1.54) is 12.1 Å².